The number of benzene rings is 2. The molecule has 1 fully saturated rings. The van der Waals surface area contributed by atoms with Gasteiger partial charge in [-0.05, 0) is 49.7 Å². The zero-order valence-electron chi connectivity index (χ0n) is 17.4. The van der Waals surface area contributed by atoms with Crippen LogP contribution in [0.5, 0.6) is 0 Å². The maximum absolute atomic E-state index is 2.37. The van der Waals surface area contributed by atoms with Crippen LogP contribution >= 0.6 is 0 Å². The third kappa shape index (κ3) is 6.03. The Morgan fingerprint density at radius 1 is 0.640 bits per heavy atom. The highest BCUT2D eigenvalue weighted by Gasteiger charge is 2.33. The van der Waals surface area contributed by atoms with E-state index in [2.05, 4.69) is 62.4 Å². The van der Waals surface area contributed by atoms with Gasteiger partial charge in [-0.2, -0.15) is 0 Å². The lowest BCUT2D eigenvalue weighted by atomic mass is 9.66. The van der Waals surface area contributed by atoms with Gasteiger partial charge in [0.1, 0.15) is 0 Å². The molecular formula is C25H38. The van der Waals surface area contributed by atoms with E-state index in [4.69, 9.17) is 0 Å². The Bertz CT molecular complexity index is 568. The molecule has 25 heavy (non-hydrogen) atoms. The van der Waals surface area contributed by atoms with Crippen LogP contribution in [0.4, 0.5) is 0 Å². The van der Waals surface area contributed by atoms with Gasteiger partial charge in [0.05, 0.1) is 0 Å². The molecule has 2 aromatic rings. The van der Waals surface area contributed by atoms with Crippen molar-refractivity contribution < 1.29 is 0 Å². The van der Waals surface area contributed by atoms with E-state index in [1.807, 2.05) is 27.7 Å². The van der Waals surface area contributed by atoms with Crippen molar-refractivity contribution >= 4 is 0 Å². The second-order valence-electron chi connectivity index (χ2n) is 6.87. The molecule has 1 aliphatic rings. The van der Waals surface area contributed by atoms with Crippen molar-refractivity contribution in [2.24, 2.45) is 0 Å². The van der Waals surface area contributed by atoms with Gasteiger partial charge in [-0.15, -0.1) is 0 Å². The highest BCUT2D eigenvalue weighted by molar-refractivity contribution is 5.33. The molecule has 1 saturated carbocycles. The van der Waals surface area contributed by atoms with Crippen molar-refractivity contribution in [1.82, 2.24) is 0 Å². The van der Waals surface area contributed by atoms with Crippen molar-refractivity contribution in [2.75, 3.05) is 0 Å². The van der Waals surface area contributed by atoms with Gasteiger partial charge in [0.25, 0.3) is 0 Å². The predicted octanol–water partition coefficient (Wildman–Crippen LogP) is 7.80. The molecular weight excluding hydrogens is 300 g/mol. The average molecular weight is 339 g/mol. The second-order valence-corrected chi connectivity index (χ2v) is 6.87. The first-order valence-corrected chi connectivity index (χ1v) is 10.3. The fourth-order valence-electron chi connectivity index (χ4n) is 3.80. The molecule has 0 nitrogen and oxygen atoms in total. The summed E-state index contributed by atoms with van der Waals surface area (Å²) in [6.45, 7) is 12.3. The Morgan fingerprint density at radius 2 is 1.08 bits per heavy atom. The number of rotatable bonds is 3. The molecule has 0 radical (unpaired) electrons. The van der Waals surface area contributed by atoms with E-state index < -0.39 is 0 Å². The lowest BCUT2D eigenvalue weighted by Crippen LogP contribution is -2.31. The smallest absolute Gasteiger partial charge is 0.000665 e. The van der Waals surface area contributed by atoms with E-state index in [1.165, 1.54) is 55.2 Å². The highest BCUT2D eigenvalue weighted by atomic mass is 14.4. The molecule has 138 valence electrons. The van der Waals surface area contributed by atoms with E-state index in [9.17, 15) is 0 Å². The summed E-state index contributed by atoms with van der Waals surface area (Å²) in [5.41, 5.74) is 6.12. The third-order valence-electron chi connectivity index (χ3n) is 5.14. The first-order valence-electron chi connectivity index (χ1n) is 10.3. The molecule has 0 saturated heterocycles. The van der Waals surface area contributed by atoms with E-state index >= 15 is 0 Å². The molecule has 0 aromatic heterocycles. The molecule has 0 bridgehead atoms. The van der Waals surface area contributed by atoms with Gasteiger partial charge in [0.2, 0.25) is 0 Å². The Hall–Kier alpha value is -1.56. The molecule has 0 heterocycles. The normalized spacial score (nSPS) is 15.3. The summed E-state index contributed by atoms with van der Waals surface area (Å²) in [6.07, 6.45) is 8.02. The molecule has 3 rings (SSSR count). The predicted molar refractivity (Wildman–Crippen MR) is 114 cm³/mol. The SMILES string of the molecule is CC.CC.Cc1ccc(CC2(c3ccc(C)cc3)CCCCC2)cc1. The zero-order valence-corrected chi connectivity index (χ0v) is 17.4. The molecule has 0 unspecified atom stereocenters. The van der Waals surface area contributed by atoms with Crippen LogP contribution in [0.25, 0.3) is 0 Å². The molecule has 0 aliphatic heterocycles. The van der Waals surface area contributed by atoms with Gasteiger partial charge in [0, 0.05) is 0 Å². The minimum Gasteiger partial charge on any atom is -0.0683 e. The molecule has 1 aliphatic carbocycles. The topological polar surface area (TPSA) is 0 Å². The Balaban J connectivity index is 0.000000730. The summed E-state index contributed by atoms with van der Waals surface area (Å²) < 4.78 is 0. The summed E-state index contributed by atoms with van der Waals surface area (Å²) >= 11 is 0. The third-order valence-corrected chi connectivity index (χ3v) is 5.14. The summed E-state index contributed by atoms with van der Waals surface area (Å²) in [5.74, 6) is 0. The van der Waals surface area contributed by atoms with Crippen LogP contribution < -0.4 is 0 Å². The summed E-state index contributed by atoms with van der Waals surface area (Å²) in [6, 6.07) is 18.4. The van der Waals surface area contributed by atoms with Crippen LogP contribution in [0, 0.1) is 13.8 Å². The average Bonchev–Trinajstić information content (AvgIpc) is 2.68. The minimum absolute atomic E-state index is 0.362. The highest BCUT2D eigenvalue weighted by Crippen LogP contribution is 2.42. The van der Waals surface area contributed by atoms with Gasteiger partial charge in [-0.25, -0.2) is 0 Å². The second kappa shape index (κ2) is 11.1. The van der Waals surface area contributed by atoms with Crippen LogP contribution in [-0.4, -0.2) is 0 Å². The van der Waals surface area contributed by atoms with E-state index in [1.54, 1.807) is 5.56 Å². The summed E-state index contributed by atoms with van der Waals surface area (Å²) in [4.78, 5) is 0. The molecule has 0 spiro atoms. The van der Waals surface area contributed by atoms with E-state index in [-0.39, 0.29) is 0 Å². The largest absolute Gasteiger partial charge is 0.0683 e. The lowest BCUT2D eigenvalue weighted by Gasteiger charge is -2.38. The number of hydrogen-bond donors (Lipinski definition) is 0. The molecule has 0 N–H and O–H groups in total. The first-order chi connectivity index (χ1) is 12.2. The van der Waals surface area contributed by atoms with Crippen LogP contribution in [0.3, 0.4) is 0 Å². The molecule has 0 atom stereocenters. The van der Waals surface area contributed by atoms with E-state index in [0.717, 1.165) is 0 Å². The van der Waals surface area contributed by atoms with Crippen molar-refractivity contribution in [3.05, 3.63) is 70.8 Å². The van der Waals surface area contributed by atoms with Crippen molar-refractivity contribution in [3.63, 3.8) is 0 Å². The van der Waals surface area contributed by atoms with Gasteiger partial charge in [0.15, 0.2) is 0 Å². The van der Waals surface area contributed by atoms with Gasteiger partial charge >= 0.3 is 0 Å². The standard InChI is InChI=1S/C21H26.2C2H6/c1-17-6-10-19(11-7-17)16-21(14-4-3-5-15-21)20-12-8-18(2)9-13-20;2*1-2/h6-13H,3-5,14-16H2,1-2H3;2*1-2H3. The maximum atomic E-state index is 2.37. The summed E-state index contributed by atoms with van der Waals surface area (Å²) in [7, 11) is 0. The maximum Gasteiger partial charge on any atom is -0.000665 e. The quantitative estimate of drug-likeness (QED) is 0.535. The molecule has 2 aromatic carbocycles. The van der Waals surface area contributed by atoms with Crippen molar-refractivity contribution in [2.45, 2.75) is 85.5 Å². The molecule has 0 heteroatoms. The molecule has 0 amide bonds. The fraction of sp³-hybridized carbons (Fsp3) is 0.520. The van der Waals surface area contributed by atoms with Crippen LogP contribution in [0.15, 0.2) is 48.5 Å². The Labute approximate surface area is 156 Å². The summed E-state index contributed by atoms with van der Waals surface area (Å²) in [5, 5.41) is 0. The van der Waals surface area contributed by atoms with E-state index in [0.29, 0.717) is 5.41 Å². The Morgan fingerprint density at radius 3 is 1.56 bits per heavy atom. The minimum atomic E-state index is 0.362. The zero-order chi connectivity index (χ0) is 18.7. The first kappa shape index (κ1) is 21.5. The van der Waals surface area contributed by atoms with Crippen LogP contribution in [0.1, 0.15) is 82.1 Å². The number of hydrogen-bond acceptors (Lipinski definition) is 0. The monoisotopic (exact) mass is 338 g/mol. The van der Waals surface area contributed by atoms with Gasteiger partial charge in [-0.1, -0.05) is 107 Å². The number of aryl methyl sites for hydroxylation is 2. The fourth-order valence-corrected chi connectivity index (χ4v) is 3.80. The van der Waals surface area contributed by atoms with Crippen molar-refractivity contribution in [1.29, 1.82) is 0 Å². The van der Waals surface area contributed by atoms with Gasteiger partial charge < -0.3 is 0 Å². The van der Waals surface area contributed by atoms with Gasteiger partial charge in [-0.3, -0.25) is 0 Å². The van der Waals surface area contributed by atoms with Crippen LogP contribution in [-0.2, 0) is 11.8 Å². The van der Waals surface area contributed by atoms with Crippen molar-refractivity contribution in [3.8, 4) is 0 Å². The van der Waals surface area contributed by atoms with Crippen LogP contribution in [0.2, 0.25) is 0 Å². The lowest BCUT2D eigenvalue weighted by molar-refractivity contribution is 0.290. The Kier molecular flexibility index (Phi) is 9.57.